The number of hydrogen-bond donors (Lipinski definition) is 2. The van der Waals surface area contributed by atoms with Crippen molar-refractivity contribution in [1.82, 2.24) is 4.90 Å². The first kappa shape index (κ1) is 18.9. The molecule has 1 heterocycles. The summed E-state index contributed by atoms with van der Waals surface area (Å²) in [5.41, 5.74) is 8.47. The van der Waals surface area contributed by atoms with Crippen LogP contribution in [0.1, 0.15) is 61.4 Å². The lowest BCUT2D eigenvalue weighted by atomic mass is 9.98. The van der Waals surface area contributed by atoms with E-state index in [0.29, 0.717) is 17.9 Å². The van der Waals surface area contributed by atoms with Crippen molar-refractivity contribution in [2.75, 3.05) is 18.4 Å². The number of rotatable bonds is 4. The van der Waals surface area contributed by atoms with Gasteiger partial charge in [-0.3, -0.25) is 9.59 Å². The summed E-state index contributed by atoms with van der Waals surface area (Å²) in [4.78, 5) is 26.9. The molecule has 5 heteroatoms. The number of anilines is 1. The molecule has 2 amide bonds. The third-order valence-electron chi connectivity index (χ3n) is 5.98. The van der Waals surface area contributed by atoms with E-state index in [2.05, 4.69) is 12.2 Å². The number of carbonyl (C=O) groups is 2. The predicted molar refractivity (Wildman–Crippen MR) is 104 cm³/mol. The van der Waals surface area contributed by atoms with Crippen molar-refractivity contribution in [2.24, 2.45) is 17.6 Å². The minimum Gasteiger partial charge on any atom is -0.339 e. The molecule has 1 saturated heterocycles. The molecule has 142 valence electrons. The molecule has 26 heavy (non-hydrogen) atoms. The van der Waals surface area contributed by atoms with Gasteiger partial charge in [-0.05, 0) is 68.2 Å². The summed E-state index contributed by atoms with van der Waals surface area (Å²) in [6, 6.07) is 5.71. The third-order valence-corrected chi connectivity index (χ3v) is 5.98. The van der Waals surface area contributed by atoms with E-state index in [1.165, 1.54) is 0 Å². The van der Waals surface area contributed by atoms with Crippen molar-refractivity contribution in [2.45, 2.75) is 58.4 Å². The molecule has 0 aromatic heterocycles. The fourth-order valence-electron chi connectivity index (χ4n) is 4.09. The van der Waals surface area contributed by atoms with Crippen LogP contribution >= 0.6 is 0 Å². The van der Waals surface area contributed by atoms with Gasteiger partial charge in [-0.15, -0.1) is 0 Å². The molecule has 0 unspecified atom stereocenters. The van der Waals surface area contributed by atoms with Crippen LogP contribution in [0.25, 0.3) is 0 Å². The lowest BCUT2D eigenvalue weighted by Gasteiger charge is -2.30. The number of piperidine rings is 1. The highest BCUT2D eigenvalue weighted by atomic mass is 16.2. The fraction of sp³-hybridized carbons (Fsp3) is 0.619. The van der Waals surface area contributed by atoms with Gasteiger partial charge in [-0.25, -0.2) is 0 Å². The van der Waals surface area contributed by atoms with Crippen LogP contribution in [0.4, 0.5) is 5.69 Å². The van der Waals surface area contributed by atoms with Gasteiger partial charge in [0.1, 0.15) is 0 Å². The molecule has 2 fully saturated rings. The molecule has 1 aromatic rings. The molecule has 0 radical (unpaired) electrons. The first-order chi connectivity index (χ1) is 12.4. The Morgan fingerprint density at radius 1 is 1.19 bits per heavy atom. The number of nitrogens with two attached hydrogens (primary N) is 1. The third kappa shape index (κ3) is 4.44. The van der Waals surface area contributed by atoms with Gasteiger partial charge in [-0.2, -0.15) is 0 Å². The zero-order valence-corrected chi connectivity index (χ0v) is 16.0. The van der Waals surface area contributed by atoms with Gasteiger partial charge in [0.05, 0.1) is 0 Å². The highest BCUT2D eigenvalue weighted by Gasteiger charge is 2.26. The number of carbonyl (C=O) groups excluding carboxylic acids is 2. The van der Waals surface area contributed by atoms with Gasteiger partial charge in [-0.1, -0.05) is 13.3 Å². The first-order valence-corrected chi connectivity index (χ1v) is 9.89. The second kappa shape index (κ2) is 8.21. The Bertz CT molecular complexity index is 665. The zero-order chi connectivity index (χ0) is 18.7. The number of aryl methyl sites for hydroxylation is 1. The maximum Gasteiger partial charge on any atom is 0.253 e. The molecular formula is C21H31N3O2. The highest BCUT2D eigenvalue weighted by Crippen LogP contribution is 2.27. The average molecular weight is 357 g/mol. The van der Waals surface area contributed by atoms with Gasteiger partial charge in [0, 0.05) is 36.8 Å². The number of nitrogens with one attached hydrogen (secondary N) is 1. The molecule has 5 nitrogen and oxygen atoms in total. The maximum absolute atomic E-state index is 12.7. The van der Waals surface area contributed by atoms with Crippen molar-refractivity contribution in [1.29, 1.82) is 0 Å². The lowest BCUT2D eigenvalue weighted by molar-refractivity contribution is -0.117. The van der Waals surface area contributed by atoms with E-state index in [0.717, 1.165) is 56.4 Å². The molecule has 3 rings (SSSR count). The SMILES string of the molecule is Cc1cc(C(=O)N2CCC(C)CC2)ccc1NC(=O)C[C@@H]1CCC[C@H]1N. The minimum absolute atomic E-state index is 0.0135. The van der Waals surface area contributed by atoms with Crippen molar-refractivity contribution in [3.8, 4) is 0 Å². The smallest absolute Gasteiger partial charge is 0.253 e. The Balaban J connectivity index is 1.60. The number of nitrogens with zero attached hydrogens (tertiary/aromatic N) is 1. The zero-order valence-electron chi connectivity index (χ0n) is 16.0. The van der Waals surface area contributed by atoms with E-state index in [9.17, 15) is 9.59 Å². The van der Waals surface area contributed by atoms with E-state index >= 15 is 0 Å². The van der Waals surface area contributed by atoms with Crippen molar-refractivity contribution >= 4 is 17.5 Å². The molecular weight excluding hydrogens is 326 g/mol. The highest BCUT2D eigenvalue weighted by molar-refractivity contribution is 5.96. The summed E-state index contributed by atoms with van der Waals surface area (Å²) in [6.07, 6.45) is 5.79. The minimum atomic E-state index is 0.0135. The van der Waals surface area contributed by atoms with E-state index < -0.39 is 0 Å². The van der Waals surface area contributed by atoms with Crippen LogP contribution in [0.3, 0.4) is 0 Å². The van der Waals surface area contributed by atoms with Crippen molar-refractivity contribution in [3.05, 3.63) is 29.3 Å². The Labute approximate surface area is 156 Å². The normalized spacial score (nSPS) is 23.9. The van der Waals surface area contributed by atoms with E-state index in [1.807, 2.05) is 30.0 Å². The molecule has 0 bridgehead atoms. The van der Waals surface area contributed by atoms with Gasteiger partial charge < -0.3 is 16.0 Å². The molecule has 1 saturated carbocycles. The number of benzene rings is 1. The van der Waals surface area contributed by atoms with Gasteiger partial charge >= 0.3 is 0 Å². The van der Waals surface area contributed by atoms with Crippen LogP contribution in [0.5, 0.6) is 0 Å². The Morgan fingerprint density at radius 2 is 1.92 bits per heavy atom. The van der Waals surface area contributed by atoms with Crippen LogP contribution in [-0.2, 0) is 4.79 Å². The quantitative estimate of drug-likeness (QED) is 0.868. The summed E-state index contributed by atoms with van der Waals surface area (Å²) in [5, 5.41) is 2.99. The van der Waals surface area contributed by atoms with Crippen molar-refractivity contribution in [3.63, 3.8) is 0 Å². The van der Waals surface area contributed by atoms with Gasteiger partial charge in [0.15, 0.2) is 0 Å². The van der Waals surface area contributed by atoms with Crippen LogP contribution in [0, 0.1) is 18.8 Å². The number of likely N-dealkylation sites (tertiary alicyclic amines) is 1. The molecule has 1 aliphatic carbocycles. The van der Waals surface area contributed by atoms with Gasteiger partial charge in [0.2, 0.25) is 5.91 Å². The number of amides is 2. The standard InChI is InChI=1S/C21H31N3O2/c1-14-8-10-24(11-9-14)21(26)17-6-7-19(15(2)12-17)23-20(25)13-16-4-3-5-18(16)22/h6-7,12,14,16,18H,3-5,8-11,13,22H2,1-2H3,(H,23,25)/t16-,18+/m0/s1. The number of hydrogen-bond acceptors (Lipinski definition) is 3. The van der Waals surface area contributed by atoms with Crippen molar-refractivity contribution < 1.29 is 9.59 Å². The Kier molecular flexibility index (Phi) is 5.97. The second-order valence-corrected chi connectivity index (χ2v) is 8.11. The maximum atomic E-state index is 12.7. The van der Waals surface area contributed by atoms with Crippen LogP contribution in [0.15, 0.2) is 18.2 Å². The summed E-state index contributed by atoms with van der Waals surface area (Å²) in [6.45, 7) is 5.84. The van der Waals surface area contributed by atoms with E-state index in [4.69, 9.17) is 5.73 Å². The van der Waals surface area contributed by atoms with E-state index in [-0.39, 0.29) is 23.8 Å². The van der Waals surface area contributed by atoms with Crippen LogP contribution in [0.2, 0.25) is 0 Å². The molecule has 0 spiro atoms. The first-order valence-electron chi connectivity index (χ1n) is 9.89. The Hall–Kier alpha value is -1.88. The molecule has 2 atom stereocenters. The largest absolute Gasteiger partial charge is 0.339 e. The lowest BCUT2D eigenvalue weighted by Crippen LogP contribution is -2.37. The van der Waals surface area contributed by atoms with Crippen LogP contribution < -0.4 is 11.1 Å². The Morgan fingerprint density at radius 3 is 2.54 bits per heavy atom. The van der Waals surface area contributed by atoms with Crippen LogP contribution in [-0.4, -0.2) is 35.8 Å². The average Bonchev–Trinajstić information content (AvgIpc) is 3.01. The molecule has 1 aliphatic heterocycles. The monoisotopic (exact) mass is 357 g/mol. The predicted octanol–water partition coefficient (Wildman–Crippen LogP) is 3.32. The second-order valence-electron chi connectivity index (χ2n) is 8.11. The topological polar surface area (TPSA) is 75.4 Å². The summed E-state index contributed by atoms with van der Waals surface area (Å²) in [7, 11) is 0. The van der Waals surface area contributed by atoms with E-state index in [1.54, 1.807) is 0 Å². The summed E-state index contributed by atoms with van der Waals surface area (Å²) < 4.78 is 0. The molecule has 2 aliphatic rings. The summed E-state index contributed by atoms with van der Waals surface area (Å²) in [5.74, 6) is 1.10. The fourth-order valence-corrected chi connectivity index (χ4v) is 4.09. The van der Waals surface area contributed by atoms with Gasteiger partial charge in [0.25, 0.3) is 5.91 Å². The molecule has 1 aromatic carbocycles. The molecule has 3 N–H and O–H groups in total. The summed E-state index contributed by atoms with van der Waals surface area (Å²) >= 11 is 0.